The zero-order valence-corrected chi connectivity index (χ0v) is 13.5. The summed E-state index contributed by atoms with van der Waals surface area (Å²) in [6.45, 7) is 4.25. The summed E-state index contributed by atoms with van der Waals surface area (Å²) in [5, 5.41) is 3.22. The van der Waals surface area contributed by atoms with E-state index in [0.717, 1.165) is 52.0 Å². The first kappa shape index (κ1) is 16.2. The van der Waals surface area contributed by atoms with Crippen LogP contribution < -0.4 is 5.32 Å². The zero-order chi connectivity index (χ0) is 15.4. The van der Waals surface area contributed by atoms with Crippen molar-refractivity contribution in [3.8, 4) is 0 Å². The summed E-state index contributed by atoms with van der Waals surface area (Å²) in [7, 11) is 1.68. The second kappa shape index (κ2) is 7.25. The van der Waals surface area contributed by atoms with E-state index in [0.29, 0.717) is 13.2 Å². The van der Waals surface area contributed by atoms with Crippen molar-refractivity contribution in [3.63, 3.8) is 0 Å². The molecule has 3 aliphatic rings. The van der Waals surface area contributed by atoms with E-state index in [1.807, 2.05) is 0 Å². The lowest BCUT2D eigenvalue weighted by atomic mass is 9.79. The summed E-state index contributed by atoms with van der Waals surface area (Å²) in [5.41, 5.74) is -0.358. The van der Waals surface area contributed by atoms with E-state index in [1.165, 1.54) is 6.42 Å². The highest BCUT2D eigenvalue weighted by Gasteiger charge is 2.46. The largest absolute Gasteiger partial charge is 0.379 e. The smallest absolute Gasteiger partial charge is 0.240 e. The van der Waals surface area contributed by atoms with Gasteiger partial charge in [0, 0.05) is 20.2 Å². The number of carbonyl (C=O) groups excluding carboxylic acids is 1. The van der Waals surface area contributed by atoms with Gasteiger partial charge >= 0.3 is 0 Å². The molecule has 1 N–H and O–H groups in total. The van der Waals surface area contributed by atoms with Gasteiger partial charge in [-0.2, -0.15) is 0 Å². The van der Waals surface area contributed by atoms with Gasteiger partial charge in [-0.05, 0) is 12.8 Å². The Balaban J connectivity index is 1.71. The number of nitrogens with zero attached hydrogens (tertiary/aromatic N) is 1. The number of hydrogen-bond donors (Lipinski definition) is 1. The summed E-state index contributed by atoms with van der Waals surface area (Å²) in [4.78, 5) is 15.5. The molecule has 22 heavy (non-hydrogen) atoms. The maximum Gasteiger partial charge on any atom is 0.240 e. The maximum atomic E-state index is 13.1. The van der Waals surface area contributed by atoms with E-state index in [2.05, 4.69) is 10.2 Å². The molecule has 2 aliphatic heterocycles. The highest BCUT2D eigenvalue weighted by atomic mass is 16.5. The molecule has 2 heterocycles. The van der Waals surface area contributed by atoms with Crippen molar-refractivity contribution in [1.29, 1.82) is 0 Å². The van der Waals surface area contributed by atoms with Gasteiger partial charge in [-0.1, -0.05) is 19.3 Å². The topological polar surface area (TPSA) is 60.0 Å². The number of hydrogen-bond acceptors (Lipinski definition) is 5. The van der Waals surface area contributed by atoms with E-state index in [-0.39, 0.29) is 23.6 Å². The molecule has 1 aliphatic carbocycles. The van der Waals surface area contributed by atoms with Gasteiger partial charge in [0.05, 0.1) is 32.5 Å². The quantitative estimate of drug-likeness (QED) is 0.821. The molecule has 0 aromatic rings. The monoisotopic (exact) mass is 312 g/mol. The van der Waals surface area contributed by atoms with Gasteiger partial charge < -0.3 is 19.5 Å². The molecule has 0 aromatic heterocycles. The fourth-order valence-electron chi connectivity index (χ4n) is 4.02. The fraction of sp³-hybridized carbons (Fsp3) is 0.938. The average Bonchev–Trinajstić information content (AvgIpc) is 3.03. The molecule has 0 aromatic carbocycles. The Hall–Kier alpha value is -0.690. The third-order valence-electron chi connectivity index (χ3n) is 5.37. The van der Waals surface area contributed by atoms with Crippen LogP contribution in [0.2, 0.25) is 0 Å². The first-order valence-corrected chi connectivity index (χ1v) is 8.50. The number of nitrogens with one attached hydrogen (secondary N) is 1. The standard InChI is InChI=1S/C16H28N2O4/c1-20-14-12-22-11-13(14)17-15(19)16(5-3-2-4-6-16)18-7-9-21-10-8-18/h13-14H,2-12H2,1H3,(H,17,19)/t13-,14-/m0/s1. The fourth-order valence-corrected chi connectivity index (χ4v) is 4.02. The molecule has 0 spiro atoms. The van der Waals surface area contributed by atoms with Crippen LogP contribution in [0.5, 0.6) is 0 Å². The molecule has 3 rings (SSSR count). The molecule has 6 heteroatoms. The second-order valence-electron chi connectivity index (χ2n) is 6.58. The Morgan fingerprint density at radius 2 is 1.86 bits per heavy atom. The normalized spacial score (nSPS) is 32.8. The van der Waals surface area contributed by atoms with Gasteiger partial charge in [0.15, 0.2) is 0 Å². The highest BCUT2D eigenvalue weighted by molar-refractivity contribution is 5.86. The molecular weight excluding hydrogens is 284 g/mol. The van der Waals surface area contributed by atoms with E-state index in [4.69, 9.17) is 14.2 Å². The Morgan fingerprint density at radius 1 is 1.14 bits per heavy atom. The van der Waals surface area contributed by atoms with E-state index >= 15 is 0 Å². The SMILES string of the molecule is CO[C@H]1COC[C@@H]1NC(=O)C1(N2CCOCC2)CCCCC1. The van der Waals surface area contributed by atoms with Crippen molar-refractivity contribution < 1.29 is 19.0 Å². The predicted molar refractivity (Wildman–Crippen MR) is 81.8 cm³/mol. The lowest BCUT2D eigenvalue weighted by Crippen LogP contribution is -2.64. The molecule has 0 radical (unpaired) electrons. The molecule has 2 atom stereocenters. The highest BCUT2D eigenvalue weighted by Crippen LogP contribution is 2.35. The summed E-state index contributed by atoms with van der Waals surface area (Å²) in [6, 6.07) is -0.0302. The molecule has 2 saturated heterocycles. The van der Waals surface area contributed by atoms with Gasteiger partial charge in [-0.25, -0.2) is 0 Å². The van der Waals surface area contributed by atoms with Crippen LogP contribution in [0.3, 0.4) is 0 Å². The van der Waals surface area contributed by atoms with Crippen LogP contribution >= 0.6 is 0 Å². The van der Waals surface area contributed by atoms with Crippen LogP contribution in [0.15, 0.2) is 0 Å². The molecule has 0 unspecified atom stereocenters. The minimum atomic E-state index is -0.358. The van der Waals surface area contributed by atoms with Crippen molar-refractivity contribution in [2.75, 3.05) is 46.6 Å². The van der Waals surface area contributed by atoms with Gasteiger partial charge in [0.2, 0.25) is 5.91 Å². The van der Waals surface area contributed by atoms with Crippen molar-refractivity contribution in [3.05, 3.63) is 0 Å². The summed E-state index contributed by atoms with van der Waals surface area (Å²) >= 11 is 0. The van der Waals surface area contributed by atoms with Crippen molar-refractivity contribution in [2.45, 2.75) is 49.8 Å². The molecule has 0 bridgehead atoms. The molecule has 3 fully saturated rings. The van der Waals surface area contributed by atoms with E-state index in [1.54, 1.807) is 7.11 Å². The van der Waals surface area contributed by atoms with Crippen LogP contribution in [0.25, 0.3) is 0 Å². The Morgan fingerprint density at radius 3 is 2.55 bits per heavy atom. The molecule has 6 nitrogen and oxygen atoms in total. The van der Waals surface area contributed by atoms with Crippen LogP contribution in [-0.4, -0.2) is 75.1 Å². The molecule has 1 saturated carbocycles. The maximum absolute atomic E-state index is 13.1. The van der Waals surface area contributed by atoms with Crippen LogP contribution in [0.4, 0.5) is 0 Å². The minimum absolute atomic E-state index is 0.0302. The van der Waals surface area contributed by atoms with Gasteiger partial charge in [-0.15, -0.1) is 0 Å². The van der Waals surface area contributed by atoms with Gasteiger partial charge in [-0.3, -0.25) is 9.69 Å². The lowest BCUT2D eigenvalue weighted by molar-refractivity contribution is -0.141. The van der Waals surface area contributed by atoms with Crippen molar-refractivity contribution >= 4 is 5.91 Å². The van der Waals surface area contributed by atoms with Gasteiger partial charge in [0.25, 0.3) is 0 Å². The van der Waals surface area contributed by atoms with E-state index in [9.17, 15) is 4.79 Å². The first-order chi connectivity index (χ1) is 10.8. The first-order valence-electron chi connectivity index (χ1n) is 8.50. The number of amides is 1. The number of methoxy groups -OCH3 is 1. The molecule has 126 valence electrons. The minimum Gasteiger partial charge on any atom is -0.379 e. The number of rotatable bonds is 4. The summed E-state index contributed by atoms with van der Waals surface area (Å²) < 4.78 is 16.3. The third-order valence-corrected chi connectivity index (χ3v) is 5.37. The molecule has 1 amide bonds. The summed E-state index contributed by atoms with van der Waals surface area (Å²) in [6.07, 6.45) is 5.34. The number of ether oxygens (including phenoxy) is 3. The van der Waals surface area contributed by atoms with Crippen LogP contribution in [-0.2, 0) is 19.0 Å². The predicted octanol–water partition coefficient (Wildman–Crippen LogP) is 0.552. The van der Waals surface area contributed by atoms with Crippen LogP contribution in [0.1, 0.15) is 32.1 Å². The average molecular weight is 312 g/mol. The molecular formula is C16H28N2O4. The Bertz CT molecular complexity index is 378. The lowest BCUT2D eigenvalue weighted by Gasteiger charge is -2.47. The van der Waals surface area contributed by atoms with E-state index < -0.39 is 0 Å². The summed E-state index contributed by atoms with van der Waals surface area (Å²) in [5.74, 6) is 0.159. The Labute approximate surface area is 132 Å². The van der Waals surface area contributed by atoms with Crippen LogP contribution in [0, 0.1) is 0 Å². The zero-order valence-electron chi connectivity index (χ0n) is 13.5. The number of morpholine rings is 1. The Kier molecular flexibility index (Phi) is 5.33. The third kappa shape index (κ3) is 3.15. The van der Waals surface area contributed by atoms with Crippen molar-refractivity contribution in [1.82, 2.24) is 10.2 Å². The second-order valence-corrected chi connectivity index (χ2v) is 6.58. The van der Waals surface area contributed by atoms with Crippen molar-refractivity contribution in [2.24, 2.45) is 0 Å². The number of carbonyl (C=O) groups is 1. The van der Waals surface area contributed by atoms with Gasteiger partial charge in [0.1, 0.15) is 11.6 Å².